The molecule has 4 atom stereocenters. The first kappa shape index (κ1) is 38.3. The van der Waals surface area contributed by atoms with Crippen LogP contribution in [0.15, 0.2) is 0 Å². The van der Waals surface area contributed by atoms with Crippen molar-refractivity contribution in [1.29, 1.82) is 0 Å². The van der Waals surface area contributed by atoms with Crippen molar-refractivity contribution in [3.05, 3.63) is 0 Å². The molecular weight excluding hydrogens is 602 g/mol. The zero-order chi connectivity index (χ0) is 34.0. The molecule has 10 heteroatoms. The van der Waals surface area contributed by atoms with Crippen LogP contribution in [-0.2, 0) is 18.1 Å². The molecular formula is C35H70N4O4P2. The molecule has 0 bridgehead atoms. The van der Waals surface area contributed by atoms with Gasteiger partial charge >= 0.3 is 0 Å². The van der Waals surface area contributed by atoms with E-state index in [1.807, 2.05) is 0 Å². The van der Waals surface area contributed by atoms with E-state index in [0.29, 0.717) is 12.1 Å². The Morgan fingerprint density at radius 2 is 0.822 bits per heavy atom. The average molecular weight is 673 g/mol. The number of hydrogen-bond acceptors (Lipinski definition) is 8. The van der Waals surface area contributed by atoms with E-state index >= 15 is 0 Å². The first-order valence-corrected chi connectivity index (χ1v) is 19.9. The second-order valence-electron chi connectivity index (χ2n) is 18.6. The third kappa shape index (κ3) is 9.02. The van der Waals surface area contributed by atoms with Gasteiger partial charge in [-0.1, -0.05) is 0 Å². The average Bonchev–Trinajstić information content (AvgIpc) is 2.82. The second kappa shape index (κ2) is 13.3. The van der Waals surface area contributed by atoms with Gasteiger partial charge < -0.3 is 18.1 Å². The first-order chi connectivity index (χ1) is 20.3. The van der Waals surface area contributed by atoms with E-state index in [9.17, 15) is 0 Å². The summed E-state index contributed by atoms with van der Waals surface area (Å²) >= 11 is 0. The van der Waals surface area contributed by atoms with Crippen LogP contribution in [0.25, 0.3) is 0 Å². The fourth-order valence-electron chi connectivity index (χ4n) is 8.78. The monoisotopic (exact) mass is 672 g/mol. The number of rotatable bonds is 8. The molecule has 0 radical (unpaired) electrons. The minimum atomic E-state index is -1.17. The summed E-state index contributed by atoms with van der Waals surface area (Å²) in [5.74, 6) is 0. The Bertz CT molecular complexity index is 908. The summed E-state index contributed by atoms with van der Waals surface area (Å²) in [5, 5.41) is 0. The lowest BCUT2D eigenvalue weighted by Crippen LogP contribution is -2.62. The lowest BCUT2D eigenvalue weighted by molar-refractivity contribution is -0.0537. The highest BCUT2D eigenvalue weighted by molar-refractivity contribution is 7.45. The summed E-state index contributed by atoms with van der Waals surface area (Å²) < 4.78 is 32.3. The first-order valence-electron chi connectivity index (χ1n) is 17.7. The smallest absolute Gasteiger partial charge is 0.259 e. The summed E-state index contributed by atoms with van der Waals surface area (Å²) in [4.78, 5) is 5.15. The standard InChI is InChI=1S/C35H70N4O4P2/c1-26-20-34(11,12)42-44(40-26)38(28-22-30(3,4)36(15)31(5,6)23-28)18-17-19-39(45-41-27(2)21-35(13,14)43-45)29-24-32(7,8)37(16)33(9,10)25-29/h26-29H,17-25H2,1-16H3. The summed E-state index contributed by atoms with van der Waals surface area (Å²) in [5.41, 5.74) is -0.0355. The van der Waals surface area contributed by atoms with Gasteiger partial charge in [0.05, 0.1) is 23.4 Å². The van der Waals surface area contributed by atoms with Gasteiger partial charge in [-0.3, -0.25) is 9.80 Å². The Hall–Kier alpha value is 0.540. The topological polar surface area (TPSA) is 49.9 Å². The molecule has 0 aromatic heterocycles. The molecule has 264 valence electrons. The summed E-state index contributed by atoms with van der Waals surface area (Å²) in [6.07, 6.45) is 7.62. The third-order valence-corrected chi connectivity index (χ3v) is 15.6. The maximum Gasteiger partial charge on any atom is 0.259 e. The lowest BCUT2D eigenvalue weighted by Gasteiger charge is -2.57. The molecule has 0 amide bonds. The summed E-state index contributed by atoms with van der Waals surface area (Å²) in [6, 6.07) is 0.778. The zero-order valence-corrected chi connectivity index (χ0v) is 33.8. The molecule has 45 heavy (non-hydrogen) atoms. The van der Waals surface area contributed by atoms with Gasteiger partial charge in [-0.15, -0.1) is 0 Å². The molecule has 0 saturated carbocycles. The van der Waals surface area contributed by atoms with E-state index in [1.165, 1.54) is 0 Å². The van der Waals surface area contributed by atoms with Gasteiger partial charge in [0.2, 0.25) is 0 Å². The molecule has 0 spiro atoms. The van der Waals surface area contributed by atoms with Crippen molar-refractivity contribution in [2.24, 2.45) is 0 Å². The molecule has 0 N–H and O–H groups in total. The third-order valence-electron chi connectivity index (χ3n) is 11.4. The maximum absolute atomic E-state index is 6.81. The van der Waals surface area contributed by atoms with E-state index < -0.39 is 17.1 Å². The molecule has 4 unspecified atom stereocenters. The van der Waals surface area contributed by atoms with Gasteiger partial charge in [0.15, 0.2) is 0 Å². The minimum absolute atomic E-state index is 0.0863. The number of likely N-dealkylation sites (tertiary alicyclic amines) is 2. The summed E-state index contributed by atoms with van der Waals surface area (Å²) in [7, 11) is 2.25. The number of piperidine rings is 2. The van der Waals surface area contributed by atoms with Crippen molar-refractivity contribution in [3.63, 3.8) is 0 Å². The van der Waals surface area contributed by atoms with Crippen LogP contribution in [0.1, 0.15) is 142 Å². The maximum atomic E-state index is 6.81. The van der Waals surface area contributed by atoms with Crippen molar-refractivity contribution < 1.29 is 18.1 Å². The van der Waals surface area contributed by atoms with Gasteiger partial charge in [0, 0.05) is 60.2 Å². The van der Waals surface area contributed by atoms with Crippen LogP contribution in [0.5, 0.6) is 0 Å². The molecule has 4 rings (SSSR count). The van der Waals surface area contributed by atoms with Crippen molar-refractivity contribution in [2.45, 2.75) is 200 Å². The normalized spacial score (nSPS) is 35.6. The molecule has 0 aromatic carbocycles. The van der Waals surface area contributed by atoms with Crippen LogP contribution in [-0.4, -0.2) is 104 Å². The van der Waals surface area contributed by atoms with Gasteiger partial charge in [-0.25, -0.2) is 9.34 Å². The number of nitrogens with zero attached hydrogens (tertiary/aromatic N) is 4. The highest BCUT2D eigenvalue weighted by Gasteiger charge is 2.50. The van der Waals surface area contributed by atoms with E-state index in [0.717, 1.165) is 58.0 Å². The molecule has 0 aromatic rings. The SMILES string of the molecule is CC1CC(C)(C)OP(N(CCCN(C2CC(C)(C)N(C)C(C)(C)C2)P2OC(C)CC(C)(C)O2)C2CC(C)(C)N(C)C(C)(C)C2)O1. The Morgan fingerprint density at radius 3 is 1.09 bits per heavy atom. The second-order valence-corrected chi connectivity index (χ2v) is 21.4. The van der Waals surface area contributed by atoms with Crippen molar-refractivity contribution in [1.82, 2.24) is 19.1 Å². The molecule has 4 aliphatic rings. The van der Waals surface area contributed by atoms with Crippen molar-refractivity contribution in [2.75, 3.05) is 27.2 Å². The van der Waals surface area contributed by atoms with E-state index in [4.69, 9.17) is 18.1 Å². The van der Waals surface area contributed by atoms with Gasteiger partial charge in [0.1, 0.15) is 0 Å². The van der Waals surface area contributed by atoms with Gasteiger partial charge in [-0.2, -0.15) is 0 Å². The molecule has 8 nitrogen and oxygen atoms in total. The minimum Gasteiger partial charge on any atom is -0.319 e. The van der Waals surface area contributed by atoms with Crippen LogP contribution < -0.4 is 0 Å². The molecule has 4 heterocycles. The van der Waals surface area contributed by atoms with Crippen LogP contribution in [0.4, 0.5) is 0 Å². The zero-order valence-electron chi connectivity index (χ0n) is 32.0. The van der Waals surface area contributed by atoms with E-state index in [2.05, 4.69) is 130 Å². The lowest BCUT2D eigenvalue weighted by atomic mass is 9.77. The predicted octanol–water partition coefficient (Wildman–Crippen LogP) is 8.95. The van der Waals surface area contributed by atoms with Gasteiger partial charge in [0.25, 0.3) is 17.1 Å². The van der Waals surface area contributed by atoms with Crippen LogP contribution in [0, 0.1) is 0 Å². The Balaban J connectivity index is 1.61. The Kier molecular flexibility index (Phi) is 11.4. The Labute approximate surface area is 280 Å². The van der Waals surface area contributed by atoms with Gasteiger partial charge in [-0.05, 0) is 143 Å². The van der Waals surface area contributed by atoms with E-state index in [-0.39, 0.29) is 45.6 Å². The molecule has 4 aliphatic heterocycles. The molecule has 4 fully saturated rings. The Morgan fingerprint density at radius 1 is 0.533 bits per heavy atom. The highest BCUT2D eigenvalue weighted by Crippen LogP contribution is 2.58. The van der Waals surface area contributed by atoms with Crippen LogP contribution in [0.2, 0.25) is 0 Å². The summed E-state index contributed by atoms with van der Waals surface area (Å²) in [6.45, 7) is 34.4. The fourth-order valence-corrected chi connectivity index (χ4v) is 12.5. The molecule has 0 aliphatic carbocycles. The fraction of sp³-hybridized carbons (Fsp3) is 1.00. The predicted molar refractivity (Wildman–Crippen MR) is 190 cm³/mol. The van der Waals surface area contributed by atoms with Crippen molar-refractivity contribution >= 4 is 17.1 Å². The van der Waals surface area contributed by atoms with Crippen LogP contribution >= 0.6 is 17.1 Å². The largest absolute Gasteiger partial charge is 0.319 e. The highest BCUT2D eigenvalue weighted by atomic mass is 31.2. The quantitative estimate of drug-likeness (QED) is 0.237. The van der Waals surface area contributed by atoms with Crippen molar-refractivity contribution in [3.8, 4) is 0 Å². The van der Waals surface area contributed by atoms with Crippen LogP contribution in [0.3, 0.4) is 0 Å². The van der Waals surface area contributed by atoms with E-state index in [1.54, 1.807) is 0 Å². The number of hydrogen-bond donors (Lipinski definition) is 0. The molecule has 4 saturated heterocycles.